The molecular formula is C17H15BrN8O2. The van der Waals surface area contributed by atoms with Crippen molar-refractivity contribution in [1.82, 2.24) is 39.5 Å². The fourth-order valence-corrected chi connectivity index (χ4v) is 2.81. The molecule has 0 saturated carbocycles. The molecule has 0 aliphatic carbocycles. The van der Waals surface area contributed by atoms with Gasteiger partial charge < -0.3 is 4.74 Å². The van der Waals surface area contributed by atoms with Gasteiger partial charge in [0, 0.05) is 37.3 Å². The monoisotopic (exact) mass is 442 g/mol. The topological polar surface area (TPSA) is 106 Å². The quantitative estimate of drug-likeness (QED) is 0.461. The summed E-state index contributed by atoms with van der Waals surface area (Å²) in [7, 11) is 1.55. The van der Waals surface area contributed by atoms with Gasteiger partial charge >= 0.3 is 5.69 Å². The smallest absolute Gasteiger partial charge is 0.368 e. The Balaban J connectivity index is 1.58. The summed E-state index contributed by atoms with van der Waals surface area (Å²) in [6.45, 7) is 2.15. The first-order valence-electron chi connectivity index (χ1n) is 8.27. The minimum atomic E-state index is -0.330. The van der Waals surface area contributed by atoms with Crippen LogP contribution in [0.2, 0.25) is 0 Å². The van der Waals surface area contributed by atoms with Gasteiger partial charge in [-0.15, -0.1) is 5.10 Å². The van der Waals surface area contributed by atoms with Gasteiger partial charge in [0.1, 0.15) is 6.61 Å². The Labute approximate surface area is 167 Å². The fraction of sp³-hybridized carbons (Fsp3) is 0.176. The van der Waals surface area contributed by atoms with Gasteiger partial charge in [-0.3, -0.25) is 0 Å². The molecule has 28 heavy (non-hydrogen) atoms. The number of aryl methyl sites for hydroxylation is 2. The fourth-order valence-electron chi connectivity index (χ4n) is 2.60. The molecule has 0 fully saturated rings. The maximum Gasteiger partial charge on any atom is 0.368 e. The second kappa shape index (κ2) is 7.35. The zero-order valence-electron chi connectivity index (χ0n) is 15.0. The number of halogens is 1. The number of aromatic nitrogens is 8. The summed E-state index contributed by atoms with van der Waals surface area (Å²) < 4.78 is 10.6. The molecule has 4 rings (SSSR count). The number of tetrazole rings is 1. The van der Waals surface area contributed by atoms with Crippen LogP contribution < -0.4 is 10.4 Å². The average Bonchev–Trinajstić information content (AvgIpc) is 3.29. The number of hydrogen-bond donors (Lipinski definition) is 0. The van der Waals surface area contributed by atoms with Gasteiger partial charge in [-0.2, -0.15) is 9.36 Å². The van der Waals surface area contributed by atoms with Crippen LogP contribution in [0.15, 0.2) is 52.1 Å². The Morgan fingerprint density at radius 3 is 2.64 bits per heavy atom. The summed E-state index contributed by atoms with van der Waals surface area (Å²) in [6.07, 6.45) is 5.00. The number of rotatable bonds is 5. The minimum Gasteiger partial charge on any atom is -0.472 e. The van der Waals surface area contributed by atoms with Crippen LogP contribution in [-0.4, -0.2) is 39.5 Å². The third-order valence-corrected chi connectivity index (χ3v) is 4.49. The van der Waals surface area contributed by atoms with E-state index in [1.54, 1.807) is 37.8 Å². The maximum absolute atomic E-state index is 12.2. The highest BCUT2D eigenvalue weighted by Crippen LogP contribution is 2.19. The second-order valence-corrected chi connectivity index (χ2v) is 6.87. The summed E-state index contributed by atoms with van der Waals surface area (Å²) in [5.74, 6) is 0.841. The summed E-state index contributed by atoms with van der Waals surface area (Å²) in [5.41, 5.74) is 2.07. The van der Waals surface area contributed by atoms with Crippen molar-refractivity contribution in [3.63, 3.8) is 0 Å². The lowest BCUT2D eigenvalue weighted by molar-refractivity contribution is 0.290. The van der Waals surface area contributed by atoms with E-state index in [0.29, 0.717) is 17.5 Å². The molecule has 0 amide bonds. The van der Waals surface area contributed by atoms with Crippen molar-refractivity contribution in [3.05, 3.63) is 68.9 Å². The predicted molar refractivity (Wildman–Crippen MR) is 103 cm³/mol. The van der Waals surface area contributed by atoms with Crippen molar-refractivity contribution in [1.29, 1.82) is 0 Å². The van der Waals surface area contributed by atoms with Crippen molar-refractivity contribution in [2.45, 2.75) is 13.5 Å². The Bertz CT molecular complexity index is 1180. The molecule has 10 nitrogen and oxygen atoms in total. The number of ether oxygens (including phenoxy) is 1. The third kappa shape index (κ3) is 3.43. The van der Waals surface area contributed by atoms with E-state index in [9.17, 15) is 4.79 Å². The summed E-state index contributed by atoms with van der Waals surface area (Å²) in [6, 6.07) is 7.32. The van der Waals surface area contributed by atoms with Gasteiger partial charge in [0.25, 0.3) is 5.95 Å². The van der Waals surface area contributed by atoms with Crippen LogP contribution in [0.25, 0.3) is 11.6 Å². The molecule has 0 atom stereocenters. The lowest BCUT2D eigenvalue weighted by Gasteiger charge is -2.11. The number of benzene rings is 1. The van der Waals surface area contributed by atoms with Crippen molar-refractivity contribution < 1.29 is 4.74 Å². The van der Waals surface area contributed by atoms with E-state index in [4.69, 9.17) is 4.74 Å². The van der Waals surface area contributed by atoms with E-state index >= 15 is 0 Å². The Morgan fingerprint density at radius 1 is 1.14 bits per heavy atom. The van der Waals surface area contributed by atoms with E-state index in [2.05, 4.69) is 41.4 Å². The summed E-state index contributed by atoms with van der Waals surface area (Å²) >= 11 is 3.30. The van der Waals surface area contributed by atoms with Crippen molar-refractivity contribution in [2.75, 3.05) is 0 Å². The largest absolute Gasteiger partial charge is 0.472 e. The van der Waals surface area contributed by atoms with Crippen LogP contribution in [0, 0.1) is 6.92 Å². The third-order valence-electron chi connectivity index (χ3n) is 4.08. The molecule has 0 spiro atoms. The molecule has 0 saturated heterocycles. The van der Waals surface area contributed by atoms with E-state index in [-0.39, 0.29) is 12.3 Å². The highest BCUT2D eigenvalue weighted by Gasteiger charge is 2.14. The molecule has 3 heterocycles. The second-order valence-electron chi connectivity index (χ2n) is 5.96. The number of hydrogen-bond acceptors (Lipinski definition) is 7. The first-order valence-corrected chi connectivity index (χ1v) is 9.06. The van der Waals surface area contributed by atoms with Crippen LogP contribution in [-0.2, 0) is 13.7 Å². The van der Waals surface area contributed by atoms with Crippen molar-refractivity contribution >= 4 is 15.9 Å². The van der Waals surface area contributed by atoms with Gasteiger partial charge in [0.2, 0.25) is 5.88 Å². The minimum absolute atomic E-state index is 0.212. The predicted octanol–water partition coefficient (Wildman–Crippen LogP) is 1.59. The van der Waals surface area contributed by atoms with Crippen LogP contribution in [0.5, 0.6) is 5.88 Å². The standard InChI is InChI=1S/C17H15BrN8O2/c1-11-4-3-5-14(26-17(27)24(2)22-23-26)13(11)10-28-15-6-7-25(21-15)16-19-8-12(18)9-20-16/h3-9H,10H2,1-2H3. The van der Waals surface area contributed by atoms with Crippen LogP contribution in [0.3, 0.4) is 0 Å². The summed E-state index contributed by atoms with van der Waals surface area (Å²) in [5, 5.41) is 12.0. The first kappa shape index (κ1) is 18.0. The molecule has 3 aromatic heterocycles. The van der Waals surface area contributed by atoms with Crippen LogP contribution >= 0.6 is 15.9 Å². The molecule has 0 aliphatic rings. The zero-order valence-corrected chi connectivity index (χ0v) is 16.6. The van der Waals surface area contributed by atoms with Gasteiger partial charge in [0.05, 0.1) is 10.2 Å². The normalized spacial score (nSPS) is 11.0. The van der Waals surface area contributed by atoms with Crippen molar-refractivity contribution in [2.24, 2.45) is 7.05 Å². The lowest BCUT2D eigenvalue weighted by atomic mass is 10.1. The first-order chi connectivity index (χ1) is 13.5. The molecule has 1 aromatic carbocycles. The average molecular weight is 443 g/mol. The number of nitrogens with zero attached hydrogens (tertiary/aromatic N) is 8. The molecule has 0 bridgehead atoms. The van der Waals surface area contributed by atoms with Gasteiger partial charge in [0.15, 0.2) is 0 Å². The van der Waals surface area contributed by atoms with Crippen LogP contribution in [0.4, 0.5) is 0 Å². The van der Waals surface area contributed by atoms with E-state index in [0.717, 1.165) is 15.6 Å². The van der Waals surface area contributed by atoms with E-state index < -0.39 is 0 Å². The SMILES string of the molecule is Cc1cccc(-n2nnn(C)c2=O)c1COc1ccn(-c2ncc(Br)cn2)n1. The van der Waals surface area contributed by atoms with Gasteiger partial charge in [-0.25, -0.2) is 19.4 Å². The lowest BCUT2D eigenvalue weighted by Crippen LogP contribution is -2.23. The maximum atomic E-state index is 12.2. The van der Waals surface area contributed by atoms with Gasteiger partial charge in [-0.05, 0) is 44.9 Å². The van der Waals surface area contributed by atoms with Gasteiger partial charge in [-0.1, -0.05) is 12.1 Å². The Morgan fingerprint density at radius 2 is 1.93 bits per heavy atom. The molecule has 4 aromatic rings. The molecule has 11 heteroatoms. The molecule has 0 N–H and O–H groups in total. The highest BCUT2D eigenvalue weighted by atomic mass is 79.9. The Hall–Kier alpha value is -3.34. The summed E-state index contributed by atoms with van der Waals surface area (Å²) in [4.78, 5) is 20.6. The van der Waals surface area contributed by atoms with Crippen molar-refractivity contribution in [3.8, 4) is 17.5 Å². The van der Waals surface area contributed by atoms with Crippen LogP contribution in [0.1, 0.15) is 11.1 Å². The molecule has 142 valence electrons. The zero-order chi connectivity index (χ0) is 19.7. The Kier molecular flexibility index (Phi) is 4.74. The molecular weight excluding hydrogens is 428 g/mol. The molecule has 0 radical (unpaired) electrons. The molecule has 0 unspecified atom stereocenters. The van der Waals surface area contributed by atoms with E-state index in [1.807, 2.05) is 19.1 Å². The highest BCUT2D eigenvalue weighted by molar-refractivity contribution is 9.10. The van der Waals surface area contributed by atoms with E-state index in [1.165, 1.54) is 14.0 Å². The molecule has 0 aliphatic heterocycles.